The highest BCUT2D eigenvalue weighted by Crippen LogP contribution is 2.42. The Labute approximate surface area is 235 Å². The van der Waals surface area contributed by atoms with Crippen LogP contribution < -0.4 is 5.32 Å². The number of benzene rings is 3. The molecule has 0 bridgehead atoms. The average Bonchev–Trinajstić information content (AvgIpc) is 2.98. The summed E-state index contributed by atoms with van der Waals surface area (Å²) in [5.74, 6) is 0.373. The number of halogens is 1. The van der Waals surface area contributed by atoms with Gasteiger partial charge in [0.25, 0.3) is 5.91 Å². The first-order valence-corrected chi connectivity index (χ1v) is 13.7. The number of carbonyl (C=O) groups excluding carboxylic acids is 1. The van der Waals surface area contributed by atoms with Gasteiger partial charge in [-0.05, 0) is 80.1 Å². The SMILES string of the molecule is CCN(CC)C(=O)c1ccc(N/C(=N/C#N)N2CCC(C(O)(c3ccccc3)c3cccc(Cl)c3)CC2)cc1. The molecule has 0 aliphatic carbocycles. The number of aliphatic imine (C=N–C) groups is 1. The molecule has 0 aromatic heterocycles. The molecule has 1 aliphatic heterocycles. The predicted octanol–water partition coefficient (Wildman–Crippen LogP) is 5.72. The summed E-state index contributed by atoms with van der Waals surface area (Å²) in [5, 5.41) is 25.4. The number of rotatable bonds is 7. The van der Waals surface area contributed by atoms with Crippen LogP contribution in [0, 0.1) is 17.4 Å². The largest absolute Gasteiger partial charge is 0.380 e. The van der Waals surface area contributed by atoms with E-state index < -0.39 is 5.60 Å². The lowest BCUT2D eigenvalue weighted by Crippen LogP contribution is -2.47. The number of nitriles is 1. The lowest BCUT2D eigenvalue weighted by atomic mass is 9.72. The van der Waals surface area contributed by atoms with Gasteiger partial charge in [-0.15, -0.1) is 4.99 Å². The van der Waals surface area contributed by atoms with Gasteiger partial charge in [0, 0.05) is 42.5 Å². The van der Waals surface area contributed by atoms with Crippen LogP contribution in [0.4, 0.5) is 5.69 Å². The zero-order valence-corrected chi connectivity index (χ0v) is 23.1. The van der Waals surface area contributed by atoms with E-state index in [1.807, 2.05) is 85.6 Å². The molecule has 1 atom stereocenters. The predicted molar refractivity (Wildman–Crippen MR) is 156 cm³/mol. The van der Waals surface area contributed by atoms with E-state index in [2.05, 4.69) is 10.3 Å². The van der Waals surface area contributed by atoms with E-state index in [9.17, 15) is 15.2 Å². The highest BCUT2D eigenvalue weighted by atomic mass is 35.5. The molecule has 3 aromatic rings. The molecular formula is C31H34ClN5O2. The Balaban J connectivity index is 1.50. The molecule has 4 rings (SSSR count). The summed E-state index contributed by atoms with van der Waals surface area (Å²) in [5.41, 5.74) is 1.75. The third kappa shape index (κ3) is 6.25. The fourth-order valence-corrected chi connectivity index (χ4v) is 5.50. The van der Waals surface area contributed by atoms with Crippen molar-refractivity contribution in [1.29, 1.82) is 5.26 Å². The van der Waals surface area contributed by atoms with Gasteiger partial charge in [0.1, 0.15) is 5.60 Å². The molecule has 3 aromatic carbocycles. The molecule has 1 saturated heterocycles. The zero-order chi connectivity index (χ0) is 27.8. The van der Waals surface area contributed by atoms with Crippen LogP contribution in [-0.2, 0) is 5.60 Å². The summed E-state index contributed by atoms with van der Waals surface area (Å²) in [7, 11) is 0. The molecule has 202 valence electrons. The quantitative estimate of drug-likeness (QED) is 0.226. The number of nitrogens with one attached hydrogen (secondary N) is 1. The topological polar surface area (TPSA) is 92.0 Å². The molecule has 39 heavy (non-hydrogen) atoms. The van der Waals surface area contributed by atoms with E-state index >= 15 is 0 Å². The van der Waals surface area contributed by atoms with Crippen molar-refractivity contribution in [3.05, 3.63) is 101 Å². The second kappa shape index (κ2) is 12.8. The molecule has 1 unspecified atom stereocenters. The molecule has 1 heterocycles. The molecular weight excluding hydrogens is 510 g/mol. The van der Waals surface area contributed by atoms with Gasteiger partial charge >= 0.3 is 0 Å². The maximum absolute atomic E-state index is 12.6. The summed E-state index contributed by atoms with van der Waals surface area (Å²) >= 11 is 6.32. The van der Waals surface area contributed by atoms with Gasteiger partial charge in [0.15, 0.2) is 0 Å². The molecule has 0 saturated carbocycles. The van der Waals surface area contributed by atoms with Gasteiger partial charge < -0.3 is 20.2 Å². The van der Waals surface area contributed by atoms with Crippen LogP contribution in [-0.4, -0.2) is 53.0 Å². The molecule has 1 aliphatic rings. The van der Waals surface area contributed by atoms with Gasteiger partial charge in [-0.25, -0.2) is 0 Å². The van der Waals surface area contributed by atoms with Crippen LogP contribution in [0.1, 0.15) is 48.2 Å². The Morgan fingerprint density at radius 2 is 1.69 bits per heavy atom. The number of carbonyl (C=O) groups is 1. The lowest BCUT2D eigenvalue weighted by Gasteiger charge is -2.43. The van der Waals surface area contributed by atoms with Crippen LogP contribution in [0.25, 0.3) is 0 Å². The second-order valence-electron chi connectivity index (χ2n) is 9.62. The summed E-state index contributed by atoms with van der Waals surface area (Å²) in [6.07, 6.45) is 3.27. The standard InChI is InChI=1S/C31H34ClN5O2/c1-3-36(4-2)29(38)23-13-15-28(16-14-23)35-30(34-22-33)37-19-17-25(18-20-37)31(39,24-9-6-5-7-10-24)26-11-8-12-27(32)21-26/h5-16,21,25,39H,3-4,17-20H2,1-2H3,(H,34,35). The average molecular weight is 544 g/mol. The van der Waals surface area contributed by atoms with Crippen molar-refractivity contribution < 1.29 is 9.90 Å². The number of aliphatic hydroxyl groups is 1. The highest BCUT2D eigenvalue weighted by Gasteiger charge is 2.42. The van der Waals surface area contributed by atoms with E-state index in [1.165, 1.54) is 0 Å². The Bertz CT molecular complexity index is 1330. The molecule has 7 nitrogen and oxygen atoms in total. The monoisotopic (exact) mass is 543 g/mol. The third-order valence-corrected chi connectivity index (χ3v) is 7.69. The second-order valence-corrected chi connectivity index (χ2v) is 10.1. The minimum absolute atomic E-state index is 0.00913. The van der Waals surface area contributed by atoms with E-state index in [0.717, 1.165) is 16.8 Å². The summed E-state index contributed by atoms with van der Waals surface area (Å²) in [6.45, 7) is 6.43. The maximum Gasteiger partial charge on any atom is 0.253 e. The molecule has 1 amide bonds. The van der Waals surface area contributed by atoms with Crippen molar-refractivity contribution >= 4 is 29.2 Å². The number of guanidine groups is 1. The minimum Gasteiger partial charge on any atom is -0.380 e. The fraction of sp³-hybridized carbons (Fsp3) is 0.323. The van der Waals surface area contributed by atoms with Gasteiger partial charge in [0.05, 0.1) is 0 Å². The van der Waals surface area contributed by atoms with Crippen molar-refractivity contribution in [2.24, 2.45) is 10.9 Å². The number of hydrogen-bond donors (Lipinski definition) is 2. The van der Waals surface area contributed by atoms with Gasteiger partial charge in [-0.2, -0.15) is 5.26 Å². The molecule has 1 fully saturated rings. The van der Waals surface area contributed by atoms with E-state index in [1.54, 1.807) is 23.1 Å². The van der Waals surface area contributed by atoms with Crippen molar-refractivity contribution in [2.45, 2.75) is 32.3 Å². The normalized spacial score (nSPS) is 15.8. The van der Waals surface area contributed by atoms with E-state index in [4.69, 9.17) is 11.6 Å². The van der Waals surface area contributed by atoms with Gasteiger partial charge in [-0.1, -0.05) is 54.1 Å². The number of anilines is 1. The summed E-state index contributed by atoms with van der Waals surface area (Å²) in [6, 6.07) is 24.3. The minimum atomic E-state index is -1.20. The number of nitrogens with zero attached hydrogens (tertiary/aromatic N) is 4. The van der Waals surface area contributed by atoms with Crippen molar-refractivity contribution in [3.63, 3.8) is 0 Å². The van der Waals surface area contributed by atoms with Crippen LogP contribution in [0.3, 0.4) is 0 Å². The van der Waals surface area contributed by atoms with E-state index in [0.29, 0.717) is 55.6 Å². The molecule has 0 radical (unpaired) electrons. The maximum atomic E-state index is 12.6. The van der Waals surface area contributed by atoms with E-state index in [-0.39, 0.29) is 11.8 Å². The molecule has 0 spiro atoms. The van der Waals surface area contributed by atoms with Crippen LogP contribution in [0.2, 0.25) is 5.02 Å². The van der Waals surface area contributed by atoms with Crippen molar-refractivity contribution in [3.8, 4) is 6.19 Å². The Morgan fingerprint density at radius 3 is 2.28 bits per heavy atom. The van der Waals surface area contributed by atoms with Crippen molar-refractivity contribution in [1.82, 2.24) is 9.80 Å². The molecule has 8 heteroatoms. The van der Waals surface area contributed by atoms with Crippen LogP contribution >= 0.6 is 11.6 Å². The van der Waals surface area contributed by atoms with Gasteiger partial charge in [-0.3, -0.25) is 4.79 Å². The third-order valence-electron chi connectivity index (χ3n) is 7.46. The lowest BCUT2D eigenvalue weighted by molar-refractivity contribution is -0.00653. The number of likely N-dealkylation sites (tertiary alicyclic amines) is 1. The number of piperidine rings is 1. The van der Waals surface area contributed by atoms with Crippen LogP contribution in [0.15, 0.2) is 83.9 Å². The Hall–Kier alpha value is -3.86. The first-order valence-electron chi connectivity index (χ1n) is 13.3. The zero-order valence-electron chi connectivity index (χ0n) is 22.3. The fourth-order valence-electron chi connectivity index (χ4n) is 5.31. The first-order chi connectivity index (χ1) is 18.9. The Morgan fingerprint density at radius 1 is 1.05 bits per heavy atom. The Kier molecular flexibility index (Phi) is 9.23. The van der Waals surface area contributed by atoms with Crippen LogP contribution in [0.5, 0.6) is 0 Å². The summed E-state index contributed by atoms with van der Waals surface area (Å²) < 4.78 is 0. The summed E-state index contributed by atoms with van der Waals surface area (Å²) in [4.78, 5) is 20.5. The first kappa shape index (κ1) is 28.2. The molecule has 2 N–H and O–H groups in total. The van der Waals surface area contributed by atoms with Crippen molar-refractivity contribution in [2.75, 3.05) is 31.5 Å². The van der Waals surface area contributed by atoms with Gasteiger partial charge in [0.2, 0.25) is 12.2 Å². The number of amides is 1. The highest BCUT2D eigenvalue weighted by molar-refractivity contribution is 6.30. The smallest absolute Gasteiger partial charge is 0.253 e. The number of hydrogen-bond acceptors (Lipinski definition) is 4.